The molecule has 1 nitrogen and oxygen atoms in total. The highest BCUT2D eigenvalue weighted by molar-refractivity contribution is 6.01. The lowest BCUT2D eigenvalue weighted by Crippen LogP contribution is -2.12. The number of benzene rings is 2. The zero-order valence-electron chi connectivity index (χ0n) is 19.7. The highest BCUT2D eigenvalue weighted by Crippen LogP contribution is 2.24. The van der Waals surface area contributed by atoms with Gasteiger partial charge in [-0.25, -0.2) is 0 Å². The Bertz CT molecular complexity index is 754. The van der Waals surface area contributed by atoms with Gasteiger partial charge in [-0.2, -0.15) is 0 Å². The van der Waals surface area contributed by atoms with E-state index in [0.29, 0.717) is 0 Å². The Hall–Kier alpha value is -2.93. The number of allylic oxidation sites excluding steroid dienone is 6. The van der Waals surface area contributed by atoms with Crippen LogP contribution >= 0.6 is 0 Å². The summed E-state index contributed by atoms with van der Waals surface area (Å²) >= 11 is 0. The van der Waals surface area contributed by atoms with E-state index in [1.54, 1.807) is 0 Å². The Morgan fingerprint density at radius 2 is 1.35 bits per heavy atom. The van der Waals surface area contributed by atoms with Crippen LogP contribution in [0, 0.1) is 0 Å². The SMILES string of the molecule is C/C=C\CC(C(=O)c1ccccc1)c1ccccc1.C=CCC/C=C\C.C=CCCC. The summed E-state index contributed by atoms with van der Waals surface area (Å²) in [5.41, 5.74) is 1.86. The maximum absolute atomic E-state index is 12.6. The number of unbranched alkanes of at least 4 members (excludes halogenated alkanes) is 2. The van der Waals surface area contributed by atoms with Gasteiger partial charge in [0.15, 0.2) is 5.78 Å². The zero-order valence-corrected chi connectivity index (χ0v) is 19.7. The second kappa shape index (κ2) is 20.3. The third kappa shape index (κ3) is 13.8. The van der Waals surface area contributed by atoms with Gasteiger partial charge in [0, 0.05) is 5.56 Å². The van der Waals surface area contributed by atoms with Crippen molar-refractivity contribution in [3.8, 4) is 0 Å². The van der Waals surface area contributed by atoms with E-state index < -0.39 is 0 Å². The van der Waals surface area contributed by atoms with E-state index in [-0.39, 0.29) is 11.7 Å². The maximum atomic E-state index is 12.6. The first kappa shape index (κ1) is 28.1. The van der Waals surface area contributed by atoms with Crippen LogP contribution in [0.25, 0.3) is 0 Å². The first-order valence-electron chi connectivity index (χ1n) is 11.2. The van der Waals surface area contributed by atoms with Crippen molar-refractivity contribution in [3.05, 3.63) is 121 Å². The van der Waals surface area contributed by atoms with Crippen molar-refractivity contribution in [1.29, 1.82) is 0 Å². The number of Topliss-reactive ketones (excluding diaryl/α,β-unsaturated/α-hetero) is 1. The first-order valence-corrected chi connectivity index (χ1v) is 11.2. The molecule has 2 aromatic carbocycles. The predicted octanol–water partition coefficient (Wildman–Crippen LogP) is 9.12. The van der Waals surface area contributed by atoms with Gasteiger partial charge in [-0.3, -0.25) is 4.79 Å². The van der Waals surface area contributed by atoms with Crippen LogP contribution in [0.2, 0.25) is 0 Å². The fourth-order valence-electron chi connectivity index (χ4n) is 2.74. The average Bonchev–Trinajstić information content (AvgIpc) is 2.82. The molecule has 0 aromatic heterocycles. The summed E-state index contributed by atoms with van der Waals surface area (Å²) in [4.78, 5) is 12.6. The summed E-state index contributed by atoms with van der Waals surface area (Å²) in [6.45, 7) is 13.3. The van der Waals surface area contributed by atoms with Gasteiger partial charge in [-0.05, 0) is 45.1 Å². The summed E-state index contributed by atoms with van der Waals surface area (Å²) in [6, 6.07) is 19.5. The van der Waals surface area contributed by atoms with Gasteiger partial charge in [0.1, 0.15) is 0 Å². The summed E-state index contributed by atoms with van der Waals surface area (Å²) in [5.74, 6) is 0.0877. The van der Waals surface area contributed by atoms with E-state index in [2.05, 4.69) is 38.3 Å². The fraction of sp³-hybridized carbons (Fsp3) is 0.300. The van der Waals surface area contributed by atoms with Crippen LogP contribution in [-0.4, -0.2) is 5.78 Å². The molecule has 0 spiro atoms. The molecule has 0 aliphatic carbocycles. The maximum Gasteiger partial charge on any atom is 0.170 e. The number of hydrogen-bond donors (Lipinski definition) is 0. The van der Waals surface area contributed by atoms with Crippen molar-refractivity contribution in [3.63, 3.8) is 0 Å². The normalized spacial score (nSPS) is 11.1. The molecule has 0 aliphatic rings. The van der Waals surface area contributed by atoms with Crippen LogP contribution in [0.3, 0.4) is 0 Å². The lowest BCUT2D eigenvalue weighted by Gasteiger charge is -2.14. The Morgan fingerprint density at radius 3 is 1.81 bits per heavy atom. The van der Waals surface area contributed by atoms with Crippen molar-refractivity contribution in [2.45, 2.75) is 58.8 Å². The minimum atomic E-state index is -0.0974. The van der Waals surface area contributed by atoms with E-state index in [4.69, 9.17) is 0 Å². The molecule has 0 fully saturated rings. The number of ketones is 1. The topological polar surface area (TPSA) is 17.1 Å². The molecule has 1 heteroatoms. The molecule has 0 bridgehead atoms. The van der Waals surface area contributed by atoms with Gasteiger partial charge in [-0.1, -0.05) is 110 Å². The van der Waals surface area contributed by atoms with Crippen LogP contribution in [-0.2, 0) is 0 Å². The lowest BCUT2D eigenvalue weighted by atomic mass is 9.88. The minimum Gasteiger partial charge on any atom is -0.293 e. The summed E-state index contributed by atoms with van der Waals surface area (Å²) in [6.07, 6.45) is 17.5. The van der Waals surface area contributed by atoms with E-state index in [0.717, 1.165) is 36.8 Å². The van der Waals surface area contributed by atoms with Crippen LogP contribution in [0.5, 0.6) is 0 Å². The number of carbonyl (C=O) groups excluding carboxylic acids is 1. The van der Waals surface area contributed by atoms with Crippen molar-refractivity contribution >= 4 is 5.78 Å². The molecule has 0 saturated carbocycles. The molecule has 2 rings (SSSR count). The molecule has 0 amide bonds. The monoisotopic (exact) mass is 416 g/mol. The second-order valence-corrected chi connectivity index (χ2v) is 7.01. The van der Waals surface area contributed by atoms with Crippen molar-refractivity contribution in [2.75, 3.05) is 0 Å². The third-order valence-electron chi connectivity index (χ3n) is 4.45. The molecular weight excluding hydrogens is 376 g/mol. The van der Waals surface area contributed by atoms with Crippen LogP contribution in [0.1, 0.15) is 74.7 Å². The third-order valence-corrected chi connectivity index (χ3v) is 4.45. The molecule has 0 saturated heterocycles. The minimum absolute atomic E-state index is 0.0974. The molecule has 2 aromatic rings. The standard InChI is InChI=1S/C18H18O.C7H12.C5H10/c1-2-3-14-17(15-10-6-4-7-11-15)18(19)16-12-8-5-9-13-16;1-3-5-7-6-4-2;1-3-5-4-2/h2-13,17H,14H2,1H3;3-4,6H,1,5,7H2,2H3;3H,1,4-5H2,2H3/b3-2-;6-4-;. The first-order chi connectivity index (χ1) is 15.2. The molecule has 166 valence electrons. The molecule has 0 radical (unpaired) electrons. The number of carbonyl (C=O) groups is 1. The Morgan fingerprint density at radius 1 is 0.806 bits per heavy atom. The van der Waals surface area contributed by atoms with Gasteiger partial charge < -0.3 is 0 Å². The summed E-state index contributed by atoms with van der Waals surface area (Å²) in [7, 11) is 0. The fourth-order valence-corrected chi connectivity index (χ4v) is 2.74. The quantitative estimate of drug-likeness (QED) is 0.214. The molecular formula is C30H40O. The zero-order chi connectivity index (χ0) is 23.2. The average molecular weight is 417 g/mol. The van der Waals surface area contributed by atoms with E-state index in [9.17, 15) is 4.79 Å². The van der Waals surface area contributed by atoms with Crippen molar-refractivity contribution in [2.24, 2.45) is 0 Å². The smallest absolute Gasteiger partial charge is 0.170 e. The molecule has 0 aliphatic heterocycles. The van der Waals surface area contributed by atoms with Gasteiger partial charge >= 0.3 is 0 Å². The second-order valence-electron chi connectivity index (χ2n) is 7.01. The molecule has 0 N–H and O–H groups in total. The van der Waals surface area contributed by atoms with Crippen LogP contribution < -0.4 is 0 Å². The molecule has 1 unspecified atom stereocenters. The van der Waals surface area contributed by atoms with Crippen LogP contribution in [0.4, 0.5) is 0 Å². The number of hydrogen-bond acceptors (Lipinski definition) is 1. The van der Waals surface area contributed by atoms with E-state index in [1.165, 1.54) is 6.42 Å². The Kier molecular flexibility index (Phi) is 18.4. The van der Waals surface area contributed by atoms with Gasteiger partial charge in [0.2, 0.25) is 0 Å². The summed E-state index contributed by atoms with van der Waals surface area (Å²) < 4.78 is 0. The predicted molar refractivity (Wildman–Crippen MR) is 139 cm³/mol. The molecule has 31 heavy (non-hydrogen) atoms. The van der Waals surface area contributed by atoms with E-state index in [1.807, 2.05) is 92.7 Å². The Balaban J connectivity index is 0.000000621. The van der Waals surface area contributed by atoms with Gasteiger partial charge in [0.05, 0.1) is 5.92 Å². The molecule has 1 atom stereocenters. The molecule has 0 heterocycles. The lowest BCUT2D eigenvalue weighted by molar-refractivity contribution is 0.0960. The van der Waals surface area contributed by atoms with Crippen molar-refractivity contribution in [1.82, 2.24) is 0 Å². The van der Waals surface area contributed by atoms with Gasteiger partial charge in [-0.15, -0.1) is 13.2 Å². The van der Waals surface area contributed by atoms with Crippen molar-refractivity contribution < 1.29 is 4.79 Å². The highest BCUT2D eigenvalue weighted by Gasteiger charge is 2.20. The highest BCUT2D eigenvalue weighted by atomic mass is 16.1. The van der Waals surface area contributed by atoms with E-state index >= 15 is 0 Å². The largest absolute Gasteiger partial charge is 0.293 e. The number of rotatable bonds is 10. The van der Waals surface area contributed by atoms with Crippen LogP contribution in [0.15, 0.2) is 110 Å². The Labute approximate surface area is 190 Å². The summed E-state index contributed by atoms with van der Waals surface area (Å²) in [5, 5.41) is 0. The van der Waals surface area contributed by atoms with Gasteiger partial charge in [0.25, 0.3) is 0 Å².